The highest BCUT2D eigenvalue weighted by molar-refractivity contribution is 5.36. The smallest absolute Gasteiger partial charge is 0.123 e. The molecule has 0 radical (unpaired) electrons. The lowest BCUT2D eigenvalue weighted by atomic mass is 9.98. The fourth-order valence-corrected chi connectivity index (χ4v) is 3.07. The predicted molar refractivity (Wildman–Crippen MR) is 83.1 cm³/mol. The van der Waals surface area contributed by atoms with Crippen molar-refractivity contribution in [1.82, 2.24) is 9.80 Å². The second-order valence-corrected chi connectivity index (χ2v) is 5.74. The third-order valence-electron chi connectivity index (χ3n) is 4.10. The summed E-state index contributed by atoms with van der Waals surface area (Å²) in [4.78, 5) is 4.90. The number of nitrogens with two attached hydrogens (primary N) is 1. The molecule has 0 spiro atoms. The zero-order valence-electron chi connectivity index (χ0n) is 12.9. The quantitative estimate of drug-likeness (QED) is 0.910. The van der Waals surface area contributed by atoms with E-state index in [9.17, 15) is 0 Å². The van der Waals surface area contributed by atoms with Crippen LogP contribution in [0.5, 0.6) is 5.75 Å². The molecule has 4 nitrogen and oxygen atoms in total. The molecular formula is C16H27N3O. The molecule has 2 atom stereocenters. The first kappa shape index (κ1) is 15.3. The standard InChI is InChI=1S/C16H27N3O/c1-13(17)16(14-7-4-5-8-15(14)20-3)19-10-6-9-18(2)11-12-19/h4-5,7-8,13,16H,6,9-12,17H2,1-3H3. The highest BCUT2D eigenvalue weighted by atomic mass is 16.5. The Bertz CT molecular complexity index is 422. The van der Waals surface area contributed by atoms with Crippen LogP contribution in [0.25, 0.3) is 0 Å². The molecule has 2 rings (SSSR count). The number of likely N-dealkylation sites (N-methyl/N-ethyl adjacent to an activating group) is 1. The summed E-state index contributed by atoms with van der Waals surface area (Å²) in [6.07, 6.45) is 1.19. The van der Waals surface area contributed by atoms with Gasteiger partial charge in [-0.05, 0) is 33.0 Å². The van der Waals surface area contributed by atoms with Gasteiger partial charge in [0.25, 0.3) is 0 Å². The number of rotatable bonds is 4. The maximum atomic E-state index is 6.30. The Morgan fingerprint density at radius 2 is 1.90 bits per heavy atom. The Morgan fingerprint density at radius 3 is 2.60 bits per heavy atom. The van der Waals surface area contributed by atoms with Crippen molar-refractivity contribution in [2.45, 2.75) is 25.4 Å². The van der Waals surface area contributed by atoms with Crippen molar-refractivity contribution >= 4 is 0 Å². The molecule has 1 heterocycles. The van der Waals surface area contributed by atoms with Gasteiger partial charge in [0.15, 0.2) is 0 Å². The molecular weight excluding hydrogens is 250 g/mol. The number of nitrogens with zero attached hydrogens (tertiary/aromatic N) is 2. The number of ether oxygens (including phenoxy) is 1. The van der Waals surface area contributed by atoms with E-state index in [0.717, 1.165) is 31.9 Å². The maximum absolute atomic E-state index is 6.30. The van der Waals surface area contributed by atoms with Crippen molar-refractivity contribution in [3.8, 4) is 5.75 Å². The van der Waals surface area contributed by atoms with Crippen LogP contribution < -0.4 is 10.5 Å². The summed E-state index contributed by atoms with van der Waals surface area (Å²) in [6.45, 7) is 6.49. The highest BCUT2D eigenvalue weighted by Crippen LogP contribution is 2.31. The van der Waals surface area contributed by atoms with E-state index in [-0.39, 0.29) is 12.1 Å². The third kappa shape index (κ3) is 3.51. The Morgan fingerprint density at radius 1 is 1.15 bits per heavy atom. The first-order valence-electron chi connectivity index (χ1n) is 7.44. The Hall–Kier alpha value is -1.10. The summed E-state index contributed by atoms with van der Waals surface area (Å²) in [6, 6.07) is 8.54. The van der Waals surface area contributed by atoms with Crippen LogP contribution in [0.15, 0.2) is 24.3 Å². The molecule has 1 aliphatic rings. The molecule has 4 heteroatoms. The van der Waals surface area contributed by atoms with Crippen molar-refractivity contribution < 1.29 is 4.74 Å². The molecule has 20 heavy (non-hydrogen) atoms. The second kappa shape index (κ2) is 7.07. The van der Waals surface area contributed by atoms with Gasteiger partial charge in [-0.3, -0.25) is 4.90 Å². The van der Waals surface area contributed by atoms with E-state index in [1.165, 1.54) is 12.0 Å². The summed E-state index contributed by atoms with van der Waals surface area (Å²) in [5.74, 6) is 0.937. The summed E-state index contributed by atoms with van der Waals surface area (Å²) < 4.78 is 5.53. The number of hydrogen-bond donors (Lipinski definition) is 1. The van der Waals surface area contributed by atoms with Gasteiger partial charge in [0.1, 0.15) is 5.75 Å². The van der Waals surface area contributed by atoms with Crippen molar-refractivity contribution in [3.63, 3.8) is 0 Å². The monoisotopic (exact) mass is 277 g/mol. The van der Waals surface area contributed by atoms with Crippen LogP contribution in [-0.2, 0) is 0 Å². The van der Waals surface area contributed by atoms with Gasteiger partial charge in [0.05, 0.1) is 13.2 Å². The zero-order valence-corrected chi connectivity index (χ0v) is 12.9. The van der Waals surface area contributed by atoms with Gasteiger partial charge in [-0.25, -0.2) is 0 Å². The minimum Gasteiger partial charge on any atom is -0.496 e. The van der Waals surface area contributed by atoms with Crippen LogP contribution in [0.1, 0.15) is 24.9 Å². The zero-order chi connectivity index (χ0) is 14.5. The number of methoxy groups -OCH3 is 1. The molecule has 0 saturated carbocycles. The van der Waals surface area contributed by atoms with Crippen LogP contribution in [0.4, 0.5) is 0 Å². The minimum absolute atomic E-state index is 0.0784. The molecule has 1 aromatic carbocycles. The van der Waals surface area contributed by atoms with E-state index in [1.807, 2.05) is 12.1 Å². The first-order chi connectivity index (χ1) is 9.63. The van der Waals surface area contributed by atoms with Gasteiger partial charge >= 0.3 is 0 Å². The Labute approximate surface area is 122 Å². The van der Waals surface area contributed by atoms with Crippen molar-refractivity contribution in [2.24, 2.45) is 5.73 Å². The normalized spacial score (nSPS) is 21.2. The van der Waals surface area contributed by atoms with E-state index in [4.69, 9.17) is 10.5 Å². The van der Waals surface area contributed by atoms with E-state index in [1.54, 1.807) is 7.11 Å². The number of para-hydroxylation sites is 1. The molecule has 1 fully saturated rings. The van der Waals surface area contributed by atoms with Crippen LogP contribution in [0.3, 0.4) is 0 Å². The molecule has 0 aliphatic carbocycles. The van der Waals surface area contributed by atoms with Gasteiger partial charge in [0.2, 0.25) is 0 Å². The lowest BCUT2D eigenvalue weighted by Crippen LogP contribution is -2.41. The maximum Gasteiger partial charge on any atom is 0.123 e. The molecule has 2 unspecified atom stereocenters. The molecule has 112 valence electrons. The first-order valence-corrected chi connectivity index (χ1v) is 7.44. The van der Waals surface area contributed by atoms with Gasteiger partial charge < -0.3 is 15.4 Å². The van der Waals surface area contributed by atoms with Crippen molar-refractivity contribution in [2.75, 3.05) is 40.3 Å². The molecule has 1 aromatic rings. The van der Waals surface area contributed by atoms with E-state index in [0.29, 0.717) is 0 Å². The van der Waals surface area contributed by atoms with Gasteiger partial charge in [0, 0.05) is 31.2 Å². The molecule has 0 aromatic heterocycles. The molecule has 1 saturated heterocycles. The van der Waals surface area contributed by atoms with Gasteiger partial charge in [-0.15, -0.1) is 0 Å². The average Bonchev–Trinajstić information content (AvgIpc) is 2.64. The third-order valence-corrected chi connectivity index (χ3v) is 4.10. The molecule has 0 bridgehead atoms. The Balaban J connectivity index is 2.26. The molecule has 1 aliphatic heterocycles. The summed E-state index contributed by atoms with van der Waals surface area (Å²) >= 11 is 0. The summed E-state index contributed by atoms with van der Waals surface area (Å²) in [5.41, 5.74) is 7.50. The predicted octanol–water partition coefficient (Wildman–Crippen LogP) is 1.72. The van der Waals surface area contributed by atoms with Crippen LogP contribution >= 0.6 is 0 Å². The van der Waals surface area contributed by atoms with Crippen LogP contribution in [-0.4, -0.2) is 56.2 Å². The highest BCUT2D eigenvalue weighted by Gasteiger charge is 2.27. The summed E-state index contributed by atoms with van der Waals surface area (Å²) in [5, 5.41) is 0. The second-order valence-electron chi connectivity index (χ2n) is 5.74. The molecule has 0 amide bonds. The van der Waals surface area contributed by atoms with Crippen LogP contribution in [0.2, 0.25) is 0 Å². The van der Waals surface area contributed by atoms with Crippen molar-refractivity contribution in [1.29, 1.82) is 0 Å². The topological polar surface area (TPSA) is 41.7 Å². The Kier molecular flexibility index (Phi) is 5.40. The lowest BCUT2D eigenvalue weighted by Gasteiger charge is -2.34. The van der Waals surface area contributed by atoms with Gasteiger partial charge in [-0.1, -0.05) is 18.2 Å². The van der Waals surface area contributed by atoms with E-state index >= 15 is 0 Å². The van der Waals surface area contributed by atoms with Crippen molar-refractivity contribution in [3.05, 3.63) is 29.8 Å². The average molecular weight is 277 g/mol. The fourth-order valence-electron chi connectivity index (χ4n) is 3.07. The van der Waals surface area contributed by atoms with E-state index < -0.39 is 0 Å². The fraction of sp³-hybridized carbons (Fsp3) is 0.625. The molecule has 2 N–H and O–H groups in total. The van der Waals surface area contributed by atoms with Crippen LogP contribution in [0, 0.1) is 0 Å². The lowest BCUT2D eigenvalue weighted by molar-refractivity contribution is 0.179. The summed E-state index contributed by atoms with van der Waals surface area (Å²) in [7, 11) is 3.92. The number of benzene rings is 1. The largest absolute Gasteiger partial charge is 0.496 e. The number of hydrogen-bond acceptors (Lipinski definition) is 4. The van der Waals surface area contributed by atoms with E-state index in [2.05, 4.69) is 35.9 Å². The SMILES string of the molecule is COc1ccccc1C(C(C)N)N1CCCN(C)CC1. The minimum atomic E-state index is 0.0784. The van der Waals surface area contributed by atoms with Gasteiger partial charge in [-0.2, -0.15) is 0 Å².